The Morgan fingerprint density at radius 2 is 1.79 bits per heavy atom. The van der Waals surface area contributed by atoms with E-state index in [9.17, 15) is 13.2 Å². The van der Waals surface area contributed by atoms with Crippen LogP contribution in [-0.2, 0) is 20.5 Å². The second-order valence-electron chi connectivity index (χ2n) is 4.75. The van der Waals surface area contributed by atoms with E-state index in [0.717, 1.165) is 37.5 Å². The predicted molar refractivity (Wildman–Crippen MR) is 70.2 cm³/mol. The van der Waals surface area contributed by atoms with Crippen molar-refractivity contribution in [2.75, 3.05) is 6.26 Å². The van der Waals surface area contributed by atoms with E-state index in [1.807, 2.05) is 0 Å². The highest BCUT2D eigenvalue weighted by molar-refractivity contribution is 7.86. The Hall–Kier alpha value is -1.65. The second-order valence-corrected chi connectivity index (χ2v) is 6.33. The molecule has 0 unspecified atom stereocenters. The number of nitrogens with zero attached hydrogens (tertiary/aromatic N) is 1. The molecule has 0 N–H and O–H groups in total. The molecule has 0 saturated heterocycles. The van der Waals surface area contributed by atoms with Gasteiger partial charge in [-0.25, -0.2) is 4.79 Å². The fourth-order valence-corrected chi connectivity index (χ4v) is 2.97. The maximum atomic E-state index is 11.0. The fraction of sp³-hybridized carbons (Fsp3) is 0.462. The molecule has 1 fully saturated rings. The summed E-state index contributed by atoms with van der Waals surface area (Å²) in [5.74, 6) is 0.259. The summed E-state index contributed by atoms with van der Waals surface area (Å²) in [5, 5.41) is 0. The Morgan fingerprint density at radius 3 is 2.26 bits per heavy atom. The summed E-state index contributed by atoms with van der Waals surface area (Å²) < 4.78 is 26.8. The van der Waals surface area contributed by atoms with Crippen molar-refractivity contribution in [2.45, 2.75) is 31.2 Å². The van der Waals surface area contributed by atoms with Gasteiger partial charge >= 0.3 is 10.1 Å². The third-order valence-corrected chi connectivity index (χ3v) is 3.82. The molecular formula is C13H15NO4S. The van der Waals surface area contributed by atoms with Crippen LogP contribution in [0.1, 0.15) is 31.2 Å². The minimum absolute atomic E-state index is 0.259. The molecule has 1 aliphatic carbocycles. The summed E-state index contributed by atoms with van der Waals surface area (Å²) in [7, 11) is -3.52. The van der Waals surface area contributed by atoms with E-state index >= 15 is 0 Å². The van der Waals surface area contributed by atoms with Crippen LogP contribution >= 0.6 is 0 Å². The number of aliphatic imine (C=N–C) groups is 1. The topological polar surface area (TPSA) is 72.8 Å². The molecule has 1 aliphatic rings. The van der Waals surface area contributed by atoms with Crippen LogP contribution < -0.4 is 4.18 Å². The summed E-state index contributed by atoms with van der Waals surface area (Å²) in [5.41, 5.74) is 0.403. The van der Waals surface area contributed by atoms with E-state index in [1.165, 1.54) is 0 Å². The lowest BCUT2D eigenvalue weighted by molar-refractivity contribution is 0.454. The molecule has 0 radical (unpaired) electrons. The monoisotopic (exact) mass is 281 g/mol. The minimum atomic E-state index is -3.52. The van der Waals surface area contributed by atoms with Gasteiger partial charge < -0.3 is 4.18 Å². The number of hydrogen-bond acceptors (Lipinski definition) is 5. The highest BCUT2D eigenvalue weighted by Crippen LogP contribution is 2.42. The number of benzene rings is 1. The zero-order valence-corrected chi connectivity index (χ0v) is 11.4. The smallest absolute Gasteiger partial charge is 0.306 e. The molecule has 0 bridgehead atoms. The standard InChI is InChI=1S/C13H15NO4S/c1-19(16,17)18-12-6-4-11(5-7-12)13(14-10-15)8-2-3-9-13/h4-7H,2-3,8-9H2,1H3. The molecule has 6 heteroatoms. The lowest BCUT2D eigenvalue weighted by Gasteiger charge is -2.22. The summed E-state index contributed by atoms with van der Waals surface area (Å²) in [6, 6.07) is 6.67. The third kappa shape index (κ3) is 3.22. The third-order valence-electron chi connectivity index (χ3n) is 3.33. The van der Waals surface area contributed by atoms with E-state index < -0.39 is 15.7 Å². The number of rotatable bonds is 4. The van der Waals surface area contributed by atoms with Crippen LogP contribution in [0.3, 0.4) is 0 Å². The summed E-state index contributed by atoms with van der Waals surface area (Å²) in [4.78, 5) is 14.6. The lowest BCUT2D eigenvalue weighted by Crippen LogP contribution is -2.18. The Bertz CT molecular complexity index is 594. The molecule has 0 spiro atoms. The molecule has 0 amide bonds. The van der Waals surface area contributed by atoms with Gasteiger partial charge in [0.25, 0.3) is 0 Å². The van der Waals surface area contributed by atoms with Crippen molar-refractivity contribution in [1.29, 1.82) is 0 Å². The maximum absolute atomic E-state index is 11.0. The van der Waals surface area contributed by atoms with Crippen LogP contribution in [0.4, 0.5) is 0 Å². The highest BCUT2D eigenvalue weighted by Gasteiger charge is 2.35. The first kappa shape index (κ1) is 13.8. The first-order chi connectivity index (χ1) is 8.95. The molecule has 0 aliphatic heterocycles. The largest absolute Gasteiger partial charge is 0.383 e. The van der Waals surface area contributed by atoms with Gasteiger partial charge in [0, 0.05) is 0 Å². The molecule has 1 aromatic carbocycles. The fourth-order valence-electron chi connectivity index (χ4n) is 2.51. The van der Waals surface area contributed by atoms with Gasteiger partial charge in [0.2, 0.25) is 6.08 Å². The van der Waals surface area contributed by atoms with Crippen molar-refractivity contribution in [3.05, 3.63) is 29.8 Å². The van der Waals surface area contributed by atoms with Gasteiger partial charge in [-0.2, -0.15) is 13.4 Å². The van der Waals surface area contributed by atoms with Crippen LogP contribution in [0.25, 0.3) is 0 Å². The van der Waals surface area contributed by atoms with Gasteiger partial charge in [0.05, 0.1) is 11.8 Å². The normalized spacial score (nSPS) is 17.7. The molecule has 0 heterocycles. The Balaban J connectivity index is 2.29. The second kappa shape index (κ2) is 5.15. The first-order valence-electron chi connectivity index (χ1n) is 6.04. The van der Waals surface area contributed by atoms with Crippen LogP contribution in [0.2, 0.25) is 0 Å². The van der Waals surface area contributed by atoms with Gasteiger partial charge in [0.1, 0.15) is 5.75 Å². The van der Waals surface area contributed by atoms with Crippen molar-refractivity contribution in [3.8, 4) is 5.75 Å². The quantitative estimate of drug-likeness (QED) is 0.481. The molecule has 2 rings (SSSR count). The summed E-state index contributed by atoms with van der Waals surface area (Å²) >= 11 is 0. The Kier molecular flexibility index (Phi) is 3.73. The van der Waals surface area contributed by atoms with Crippen LogP contribution in [0, 0.1) is 0 Å². The Labute approximate surface area is 112 Å². The van der Waals surface area contributed by atoms with Gasteiger partial charge in [-0.3, -0.25) is 0 Å². The average Bonchev–Trinajstić information content (AvgIpc) is 2.78. The summed E-state index contributed by atoms with van der Waals surface area (Å²) in [6.07, 6.45) is 6.31. The van der Waals surface area contributed by atoms with Gasteiger partial charge in [-0.1, -0.05) is 25.0 Å². The zero-order valence-electron chi connectivity index (χ0n) is 10.6. The first-order valence-corrected chi connectivity index (χ1v) is 7.86. The van der Waals surface area contributed by atoms with Crippen molar-refractivity contribution < 1.29 is 17.4 Å². The van der Waals surface area contributed by atoms with Gasteiger partial charge in [-0.15, -0.1) is 0 Å². The van der Waals surface area contributed by atoms with Crippen LogP contribution in [0.15, 0.2) is 29.3 Å². The Morgan fingerprint density at radius 1 is 1.21 bits per heavy atom. The molecule has 0 aromatic heterocycles. The maximum Gasteiger partial charge on any atom is 0.306 e. The van der Waals surface area contributed by atoms with Crippen molar-refractivity contribution in [2.24, 2.45) is 4.99 Å². The molecule has 0 atom stereocenters. The number of carbonyl (C=O) groups excluding carboxylic acids is 1. The lowest BCUT2D eigenvalue weighted by atomic mass is 9.89. The molecular weight excluding hydrogens is 266 g/mol. The van der Waals surface area contributed by atoms with E-state index in [-0.39, 0.29) is 5.75 Å². The van der Waals surface area contributed by atoms with Crippen molar-refractivity contribution in [1.82, 2.24) is 0 Å². The highest BCUT2D eigenvalue weighted by atomic mass is 32.2. The molecule has 1 saturated carbocycles. The SMILES string of the molecule is CS(=O)(=O)Oc1ccc(C2(N=C=O)CCCC2)cc1. The average molecular weight is 281 g/mol. The molecule has 5 nitrogen and oxygen atoms in total. The van der Waals surface area contributed by atoms with E-state index in [0.29, 0.717) is 0 Å². The van der Waals surface area contributed by atoms with E-state index in [2.05, 4.69) is 4.99 Å². The molecule has 19 heavy (non-hydrogen) atoms. The van der Waals surface area contributed by atoms with Crippen LogP contribution in [-0.4, -0.2) is 20.8 Å². The zero-order chi connectivity index (χ0) is 13.9. The minimum Gasteiger partial charge on any atom is -0.383 e. The van der Waals surface area contributed by atoms with Crippen molar-refractivity contribution >= 4 is 16.2 Å². The van der Waals surface area contributed by atoms with E-state index in [1.54, 1.807) is 30.3 Å². The van der Waals surface area contributed by atoms with E-state index in [4.69, 9.17) is 4.18 Å². The van der Waals surface area contributed by atoms with Gasteiger partial charge in [0.15, 0.2) is 0 Å². The summed E-state index contributed by atoms with van der Waals surface area (Å²) in [6.45, 7) is 0. The van der Waals surface area contributed by atoms with Gasteiger partial charge in [-0.05, 0) is 30.5 Å². The number of isocyanates is 1. The number of hydrogen-bond donors (Lipinski definition) is 0. The van der Waals surface area contributed by atoms with Crippen molar-refractivity contribution in [3.63, 3.8) is 0 Å². The molecule has 1 aromatic rings. The molecule has 102 valence electrons. The predicted octanol–water partition coefficient (Wildman–Crippen LogP) is 2.13. The van der Waals surface area contributed by atoms with Crippen LogP contribution in [0.5, 0.6) is 5.75 Å².